The van der Waals surface area contributed by atoms with Crippen LogP contribution < -0.4 is 10.6 Å². The Labute approximate surface area is 165 Å². The first kappa shape index (κ1) is 18.8. The number of aromatic nitrogens is 2. The second-order valence-electron chi connectivity index (χ2n) is 7.92. The number of nitrogens with zero attached hydrogens (tertiary/aromatic N) is 4. The fraction of sp³-hybridized carbons (Fsp3) is 0.524. The molecule has 2 aliphatic rings. The van der Waals surface area contributed by atoms with Crippen molar-refractivity contribution < 1.29 is 4.79 Å². The van der Waals surface area contributed by atoms with Gasteiger partial charge in [-0.2, -0.15) is 4.99 Å². The SMILES string of the molecule is Cc1nc(NC(=NC(=O)C2CCC2)NC2CCN(C)CC2)nc2ccccc12. The van der Waals surface area contributed by atoms with Gasteiger partial charge in [-0.15, -0.1) is 0 Å². The average molecular weight is 380 g/mol. The summed E-state index contributed by atoms with van der Waals surface area (Å²) in [6.07, 6.45) is 5.04. The predicted molar refractivity (Wildman–Crippen MR) is 111 cm³/mol. The van der Waals surface area contributed by atoms with Gasteiger partial charge in [0.05, 0.1) is 11.2 Å². The molecule has 1 saturated carbocycles. The Bertz CT molecular complexity index is 884. The van der Waals surface area contributed by atoms with E-state index in [-0.39, 0.29) is 17.9 Å². The number of fused-ring (bicyclic) bond motifs is 1. The van der Waals surface area contributed by atoms with E-state index in [9.17, 15) is 4.79 Å². The first-order chi connectivity index (χ1) is 13.6. The molecule has 2 aromatic rings. The van der Waals surface area contributed by atoms with Gasteiger partial charge in [-0.05, 0) is 58.8 Å². The summed E-state index contributed by atoms with van der Waals surface area (Å²) in [5, 5.41) is 7.65. The number of anilines is 1. The smallest absolute Gasteiger partial charge is 0.251 e. The third-order valence-electron chi connectivity index (χ3n) is 5.76. The van der Waals surface area contributed by atoms with E-state index >= 15 is 0 Å². The molecule has 2 N–H and O–H groups in total. The monoisotopic (exact) mass is 380 g/mol. The Kier molecular flexibility index (Phi) is 5.52. The molecule has 0 atom stereocenters. The fourth-order valence-electron chi connectivity index (χ4n) is 3.70. The number of hydrogen-bond donors (Lipinski definition) is 2. The summed E-state index contributed by atoms with van der Waals surface area (Å²) in [5.41, 5.74) is 1.78. The van der Waals surface area contributed by atoms with Crippen molar-refractivity contribution in [3.8, 4) is 0 Å². The summed E-state index contributed by atoms with van der Waals surface area (Å²) < 4.78 is 0. The van der Waals surface area contributed by atoms with Crippen LogP contribution in [-0.2, 0) is 4.79 Å². The normalized spacial score (nSPS) is 19.4. The van der Waals surface area contributed by atoms with Gasteiger partial charge in [-0.1, -0.05) is 24.6 Å². The Hall–Kier alpha value is -2.54. The minimum absolute atomic E-state index is 0.0494. The first-order valence-electron chi connectivity index (χ1n) is 10.2. The zero-order valence-corrected chi connectivity index (χ0v) is 16.6. The minimum atomic E-state index is -0.0494. The van der Waals surface area contributed by atoms with Crippen LogP contribution in [0.15, 0.2) is 29.3 Å². The number of hydrogen-bond acceptors (Lipinski definition) is 4. The standard InChI is InChI=1S/C21H28N6O/c1-14-17-8-3-4-9-18(17)24-20(22-14)26-21(25-19(28)15-6-5-7-15)23-16-10-12-27(2)13-11-16/h3-4,8-9,15-16H,5-7,10-13H2,1-2H3,(H2,22,23,24,25,26,28). The van der Waals surface area contributed by atoms with E-state index in [2.05, 4.69) is 37.5 Å². The quantitative estimate of drug-likeness (QED) is 0.629. The highest BCUT2D eigenvalue weighted by Gasteiger charge is 2.26. The lowest BCUT2D eigenvalue weighted by Crippen LogP contribution is -2.46. The molecule has 1 amide bonds. The summed E-state index contributed by atoms with van der Waals surface area (Å²) >= 11 is 0. The summed E-state index contributed by atoms with van der Waals surface area (Å²) in [4.78, 5) is 28.4. The number of piperidine rings is 1. The van der Waals surface area contributed by atoms with Crippen LogP contribution >= 0.6 is 0 Å². The molecule has 0 spiro atoms. The van der Waals surface area contributed by atoms with Gasteiger partial charge >= 0.3 is 0 Å². The number of benzene rings is 1. The molecule has 28 heavy (non-hydrogen) atoms. The molecule has 7 nitrogen and oxygen atoms in total. The van der Waals surface area contributed by atoms with E-state index in [0.717, 1.165) is 61.8 Å². The largest absolute Gasteiger partial charge is 0.353 e. The van der Waals surface area contributed by atoms with E-state index < -0.39 is 0 Å². The molecule has 2 heterocycles. The van der Waals surface area contributed by atoms with Crippen LogP contribution in [0.4, 0.5) is 5.95 Å². The highest BCUT2D eigenvalue weighted by atomic mass is 16.1. The molecule has 7 heteroatoms. The number of carbonyl (C=O) groups is 1. The van der Waals surface area contributed by atoms with Crippen molar-refractivity contribution in [1.82, 2.24) is 20.2 Å². The second kappa shape index (κ2) is 8.22. The third kappa shape index (κ3) is 4.30. The number of amides is 1. The van der Waals surface area contributed by atoms with Gasteiger partial charge < -0.3 is 10.2 Å². The Morgan fingerprint density at radius 1 is 1.14 bits per heavy atom. The molecule has 4 rings (SSSR count). The highest BCUT2D eigenvalue weighted by Crippen LogP contribution is 2.27. The van der Waals surface area contributed by atoms with Crippen LogP contribution in [0.2, 0.25) is 0 Å². The van der Waals surface area contributed by atoms with Crippen molar-refractivity contribution in [1.29, 1.82) is 0 Å². The second-order valence-corrected chi connectivity index (χ2v) is 7.92. The van der Waals surface area contributed by atoms with Crippen LogP contribution in [-0.4, -0.2) is 52.9 Å². The molecular formula is C21H28N6O. The molecule has 1 aromatic carbocycles. The van der Waals surface area contributed by atoms with E-state index in [4.69, 9.17) is 0 Å². The molecule has 0 radical (unpaired) electrons. The van der Waals surface area contributed by atoms with Crippen molar-refractivity contribution in [3.05, 3.63) is 30.0 Å². The molecule has 1 aliphatic carbocycles. The first-order valence-corrected chi connectivity index (χ1v) is 10.2. The van der Waals surface area contributed by atoms with Crippen LogP contribution in [0.1, 0.15) is 37.8 Å². The number of aryl methyl sites for hydroxylation is 1. The summed E-state index contributed by atoms with van der Waals surface area (Å²) in [7, 11) is 2.13. The zero-order chi connectivity index (χ0) is 19.5. The molecule has 1 saturated heterocycles. The number of rotatable bonds is 3. The van der Waals surface area contributed by atoms with Crippen molar-refractivity contribution in [2.45, 2.75) is 45.1 Å². The van der Waals surface area contributed by atoms with Crippen molar-refractivity contribution in [2.75, 3.05) is 25.5 Å². The van der Waals surface area contributed by atoms with Crippen LogP contribution in [0.25, 0.3) is 10.9 Å². The summed E-state index contributed by atoms with van der Waals surface area (Å²) in [6.45, 7) is 4.04. The fourth-order valence-corrected chi connectivity index (χ4v) is 3.70. The van der Waals surface area contributed by atoms with Gasteiger partial charge in [-0.25, -0.2) is 9.97 Å². The molecular weight excluding hydrogens is 352 g/mol. The lowest BCUT2D eigenvalue weighted by Gasteiger charge is -2.30. The summed E-state index contributed by atoms with van der Waals surface area (Å²) in [6, 6.07) is 8.22. The predicted octanol–water partition coefficient (Wildman–Crippen LogP) is 2.72. The molecule has 0 bridgehead atoms. The lowest BCUT2D eigenvalue weighted by atomic mass is 9.85. The van der Waals surface area contributed by atoms with Gasteiger partial charge in [0, 0.05) is 17.3 Å². The van der Waals surface area contributed by atoms with Crippen molar-refractivity contribution in [3.63, 3.8) is 0 Å². The summed E-state index contributed by atoms with van der Waals surface area (Å²) in [5.74, 6) is 0.958. The maximum Gasteiger partial charge on any atom is 0.251 e. The maximum absolute atomic E-state index is 12.5. The molecule has 0 unspecified atom stereocenters. The lowest BCUT2D eigenvalue weighted by molar-refractivity contribution is -0.123. The highest BCUT2D eigenvalue weighted by molar-refractivity contribution is 6.01. The number of nitrogens with one attached hydrogen (secondary N) is 2. The van der Waals surface area contributed by atoms with E-state index in [0.29, 0.717) is 11.9 Å². The molecule has 1 aliphatic heterocycles. The van der Waals surface area contributed by atoms with E-state index in [1.165, 1.54) is 0 Å². The van der Waals surface area contributed by atoms with Crippen molar-refractivity contribution in [2.24, 2.45) is 10.9 Å². The molecule has 148 valence electrons. The zero-order valence-electron chi connectivity index (χ0n) is 16.6. The van der Waals surface area contributed by atoms with Gasteiger partial charge in [0.25, 0.3) is 5.91 Å². The van der Waals surface area contributed by atoms with Crippen LogP contribution in [0, 0.1) is 12.8 Å². The van der Waals surface area contributed by atoms with E-state index in [1.54, 1.807) is 0 Å². The number of carbonyl (C=O) groups excluding carboxylic acids is 1. The molecule has 2 fully saturated rings. The van der Waals surface area contributed by atoms with Crippen molar-refractivity contribution >= 4 is 28.7 Å². The Morgan fingerprint density at radius 3 is 2.61 bits per heavy atom. The van der Waals surface area contributed by atoms with Crippen LogP contribution in [0.5, 0.6) is 0 Å². The minimum Gasteiger partial charge on any atom is -0.353 e. The van der Waals surface area contributed by atoms with Gasteiger partial charge in [-0.3, -0.25) is 10.1 Å². The molecule has 1 aromatic heterocycles. The number of guanidine groups is 1. The third-order valence-corrected chi connectivity index (χ3v) is 5.76. The topological polar surface area (TPSA) is 82.5 Å². The van der Waals surface area contributed by atoms with Gasteiger partial charge in [0.15, 0.2) is 0 Å². The van der Waals surface area contributed by atoms with Crippen LogP contribution in [0.3, 0.4) is 0 Å². The Balaban J connectivity index is 1.56. The number of likely N-dealkylation sites (tertiary alicyclic amines) is 1. The van der Waals surface area contributed by atoms with Gasteiger partial charge in [0.2, 0.25) is 11.9 Å². The van der Waals surface area contributed by atoms with E-state index in [1.807, 2.05) is 31.2 Å². The van der Waals surface area contributed by atoms with Gasteiger partial charge in [0.1, 0.15) is 0 Å². The number of aliphatic imine (C=N–C) groups is 1. The number of para-hydroxylation sites is 1. The maximum atomic E-state index is 12.5. The average Bonchev–Trinajstić information content (AvgIpc) is 2.62. The Morgan fingerprint density at radius 2 is 1.89 bits per heavy atom.